The minimum absolute atomic E-state index is 0.0896. The molecule has 0 heterocycles. The molecule has 0 aliphatic heterocycles. The fraction of sp³-hybridized carbons (Fsp3) is 0.364. The van der Waals surface area contributed by atoms with Crippen LogP contribution in [0.5, 0.6) is 5.75 Å². The van der Waals surface area contributed by atoms with Crippen LogP contribution in [-0.2, 0) is 20.7 Å². The van der Waals surface area contributed by atoms with Crippen LogP contribution in [0.25, 0.3) is 0 Å². The maximum atomic E-state index is 14.1. The van der Waals surface area contributed by atoms with Gasteiger partial charge in [-0.15, -0.1) is 0 Å². The Morgan fingerprint density at radius 1 is 0.878 bits per heavy atom. The predicted octanol–water partition coefficient (Wildman–Crippen LogP) is 5.90. The number of carbonyl (C=O) groups excluding carboxylic acids is 3. The van der Waals surface area contributed by atoms with E-state index in [2.05, 4.69) is 10.6 Å². The van der Waals surface area contributed by atoms with Crippen molar-refractivity contribution in [2.24, 2.45) is 0 Å². The van der Waals surface area contributed by atoms with Crippen LogP contribution < -0.4 is 10.6 Å². The zero-order valence-corrected chi connectivity index (χ0v) is 25.2. The van der Waals surface area contributed by atoms with Crippen LogP contribution in [0.4, 0.5) is 10.5 Å². The largest absolute Gasteiger partial charge is 0.508 e. The summed E-state index contributed by atoms with van der Waals surface area (Å²) in [6, 6.07) is 15.8. The molecule has 0 aliphatic carbocycles. The number of alkyl carbamates (subject to hydrolysis) is 1. The van der Waals surface area contributed by atoms with E-state index < -0.39 is 29.7 Å². The second-order valence-electron chi connectivity index (χ2n) is 11.5. The number of ether oxygens (including phenoxy) is 1. The van der Waals surface area contributed by atoms with Crippen molar-refractivity contribution in [2.75, 3.05) is 12.4 Å². The lowest BCUT2D eigenvalue weighted by molar-refractivity contribution is -0.139. The molecule has 3 rings (SSSR count). The number of nitrogens with zero attached hydrogens (tertiary/aromatic N) is 1. The molecule has 0 bridgehead atoms. The van der Waals surface area contributed by atoms with Crippen LogP contribution in [0, 0.1) is 27.7 Å². The predicted molar refractivity (Wildman–Crippen MR) is 161 cm³/mol. The van der Waals surface area contributed by atoms with Crippen LogP contribution in [0.3, 0.4) is 0 Å². The smallest absolute Gasteiger partial charge is 0.408 e. The van der Waals surface area contributed by atoms with Crippen molar-refractivity contribution in [3.63, 3.8) is 0 Å². The van der Waals surface area contributed by atoms with E-state index in [9.17, 15) is 19.5 Å². The number of hydrogen-bond donors (Lipinski definition) is 3. The molecular formula is C33H41N3O5. The Balaban J connectivity index is 2.01. The number of para-hydroxylation sites is 1. The first-order valence-electron chi connectivity index (χ1n) is 13.6. The lowest BCUT2D eigenvalue weighted by Gasteiger charge is -2.32. The van der Waals surface area contributed by atoms with Crippen LogP contribution in [0.15, 0.2) is 60.7 Å². The Kier molecular flexibility index (Phi) is 9.81. The number of phenols is 1. The lowest BCUT2D eigenvalue weighted by atomic mass is 9.97. The van der Waals surface area contributed by atoms with Gasteiger partial charge in [0.05, 0.1) is 0 Å². The van der Waals surface area contributed by atoms with Gasteiger partial charge in [-0.05, 0) is 94.0 Å². The van der Waals surface area contributed by atoms with Crippen molar-refractivity contribution in [3.8, 4) is 5.75 Å². The molecule has 2 atom stereocenters. The average Bonchev–Trinajstić information content (AvgIpc) is 2.88. The summed E-state index contributed by atoms with van der Waals surface area (Å²) in [6.07, 6.45) is -0.619. The quantitative estimate of drug-likeness (QED) is 0.319. The number of carbonyl (C=O) groups is 3. The Labute approximate surface area is 242 Å². The van der Waals surface area contributed by atoms with Gasteiger partial charge in [-0.2, -0.15) is 0 Å². The van der Waals surface area contributed by atoms with Crippen molar-refractivity contribution in [1.29, 1.82) is 0 Å². The zero-order valence-electron chi connectivity index (χ0n) is 25.2. The Morgan fingerprint density at radius 3 is 2.05 bits per heavy atom. The SMILES string of the molecule is Cc1ccc(C(C(=O)Nc2c(C)cccc2C)N(C)C(=O)C(Cc2ccc(O)cc2)NC(=O)OC(C)(C)C)cc1C. The summed E-state index contributed by atoms with van der Waals surface area (Å²) in [5.74, 6) is -0.752. The highest BCUT2D eigenvalue weighted by Crippen LogP contribution is 2.27. The number of anilines is 1. The zero-order chi connectivity index (χ0) is 30.5. The topological polar surface area (TPSA) is 108 Å². The highest BCUT2D eigenvalue weighted by atomic mass is 16.6. The first-order valence-corrected chi connectivity index (χ1v) is 13.6. The molecule has 0 saturated carbocycles. The standard InChI is InChI=1S/C33H41N3O5/c1-20-12-15-25(18-23(20)4)29(30(38)35-28-21(2)10-9-11-22(28)3)36(8)31(39)27(34-32(40)41-33(5,6)7)19-24-13-16-26(37)17-14-24/h9-18,27,29,37H,19H2,1-8H3,(H,34,40)(H,35,38). The summed E-state index contributed by atoms with van der Waals surface area (Å²) in [4.78, 5) is 42.2. The Hall–Kier alpha value is -4.33. The normalized spacial score (nSPS) is 12.7. The number of aromatic hydroxyl groups is 1. The van der Waals surface area contributed by atoms with Crippen molar-refractivity contribution >= 4 is 23.6 Å². The van der Waals surface area contributed by atoms with E-state index in [4.69, 9.17) is 4.74 Å². The number of likely N-dealkylation sites (N-methyl/N-ethyl adjacent to an activating group) is 1. The van der Waals surface area contributed by atoms with Crippen LogP contribution in [0.2, 0.25) is 0 Å². The van der Waals surface area contributed by atoms with Crippen molar-refractivity contribution in [2.45, 2.75) is 72.6 Å². The van der Waals surface area contributed by atoms with Gasteiger partial charge in [-0.25, -0.2) is 4.79 Å². The van der Waals surface area contributed by atoms with Crippen molar-refractivity contribution in [3.05, 3.63) is 94.0 Å². The lowest BCUT2D eigenvalue weighted by Crippen LogP contribution is -2.52. The van der Waals surface area contributed by atoms with Gasteiger partial charge in [0.1, 0.15) is 23.4 Å². The average molecular weight is 560 g/mol. The summed E-state index contributed by atoms with van der Waals surface area (Å²) in [5.41, 5.74) is 5.15. The molecule has 0 spiro atoms. The molecule has 0 radical (unpaired) electrons. The van der Waals surface area contributed by atoms with E-state index in [0.29, 0.717) is 16.8 Å². The van der Waals surface area contributed by atoms with Gasteiger partial charge in [0, 0.05) is 19.2 Å². The number of benzene rings is 3. The first kappa shape index (κ1) is 31.2. The number of amides is 3. The second-order valence-corrected chi connectivity index (χ2v) is 11.5. The summed E-state index contributed by atoms with van der Waals surface area (Å²) in [5, 5.41) is 15.5. The molecule has 8 heteroatoms. The highest BCUT2D eigenvalue weighted by molar-refractivity contribution is 5.99. The minimum atomic E-state index is -1.04. The van der Waals surface area contributed by atoms with Crippen LogP contribution in [0.1, 0.15) is 60.2 Å². The molecule has 3 amide bonds. The molecule has 0 aliphatic rings. The van der Waals surface area contributed by atoms with E-state index in [-0.39, 0.29) is 18.1 Å². The number of phenolic OH excluding ortho intramolecular Hbond substituents is 1. The molecule has 3 aromatic carbocycles. The molecule has 0 fully saturated rings. The van der Waals surface area contributed by atoms with Crippen LogP contribution >= 0.6 is 0 Å². The number of rotatable bonds is 8. The van der Waals surface area contributed by atoms with E-state index >= 15 is 0 Å². The molecule has 2 unspecified atom stereocenters. The number of aryl methyl sites for hydroxylation is 4. The molecular weight excluding hydrogens is 518 g/mol. The van der Waals surface area contributed by atoms with Gasteiger partial charge < -0.3 is 25.4 Å². The van der Waals surface area contributed by atoms with E-state index in [1.165, 1.54) is 17.0 Å². The fourth-order valence-corrected chi connectivity index (χ4v) is 4.58. The fourth-order valence-electron chi connectivity index (χ4n) is 4.58. The monoisotopic (exact) mass is 559 g/mol. The third kappa shape index (κ3) is 8.33. The molecule has 41 heavy (non-hydrogen) atoms. The van der Waals surface area contributed by atoms with Gasteiger partial charge in [-0.3, -0.25) is 9.59 Å². The van der Waals surface area contributed by atoms with E-state index in [1.807, 2.05) is 64.1 Å². The summed E-state index contributed by atoms with van der Waals surface area (Å²) >= 11 is 0. The van der Waals surface area contributed by atoms with Gasteiger partial charge in [-0.1, -0.05) is 48.5 Å². The first-order chi connectivity index (χ1) is 19.2. The Bertz CT molecular complexity index is 1390. The van der Waals surface area contributed by atoms with E-state index in [0.717, 1.165) is 22.3 Å². The van der Waals surface area contributed by atoms with Gasteiger partial charge in [0.15, 0.2) is 0 Å². The van der Waals surface area contributed by atoms with Gasteiger partial charge in [0.2, 0.25) is 5.91 Å². The number of hydrogen-bond acceptors (Lipinski definition) is 5. The summed E-state index contributed by atoms with van der Waals surface area (Å²) in [7, 11) is 1.56. The number of nitrogens with one attached hydrogen (secondary N) is 2. The molecule has 3 aromatic rings. The Morgan fingerprint density at radius 2 is 1.49 bits per heavy atom. The second kappa shape index (κ2) is 12.9. The van der Waals surface area contributed by atoms with Crippen LogP contribution in [-0.4, -0.2) is 46.6 Å². The molecule has 3 N–H and O–H groups in total. The molecule has 218 valence electrons. The highest BCUT2D eigenvalue weighted by Gasteiger charge is 2.34. The molecule has 8 nitrogen and oxygen atoms in total. The maximum absolute atomic E-state index is 14.1. The third-order valence-electron chi connectivity index (χ3n) is 6.92. The maximum Gasteiger partial charge on any atom is 0.408 e. The van der Waals surface area contributed by atoms with Gasteiger partial charge in [0.25, 0.3) is 5.91 Å². The molecule has 0 aromatic heterocycles. The van der Waals surface area contributed by atoms with E-state index in [1.54, 1.807) is 40.0 Å². The minimum Gasteiger partial charge on any atom is -0.508 e. The van der Waals surface area contributed by atoms with Crippen molar-refractivity contribution in [1.82, 2.24) is 10.2 Å². The summed E-state index contributed by atoms with van der Waals surface area (Å²) < 4.78 is 5.44. The third-order valence-corrected chi connectivity index (χ3v) is 6.92. The molecule has 0 saturated heterocycles. The van der Waals surface area contributed by atoms with Crippen molar-refractivity contribution < 1.29 is 24.2 Å². The summed E-state index contributed by atoms with van der Waals surface area (Å²) in [6.45, 7) is 13.0. The van der Waals surface area contributed by atoms with Gasteiger partial charge >= 0.3 is 6.09 Å².